The summed E-state index contributed by atoms with van der Waals surface area (Å²) in [7, 11) is 0. The van der Waals surface area contributed by atoms with Crippen LogP contribution in [0.4, 0.5) is 14.5 Å². The average molecular weight is 295 g/mol. The highest BCUT2D eigenvalue weighted by atomic mass is 19.1. The topological polar surface area (TPSA) is 89.7 Å². The second-order valence-corrected chi connectivity index (χ2v) is 3.92. The van der Waals surface area contributed by atoms with Crippen LogP contribution in [0, 0.1) is 21.7 Å². The number of nitrogens with zero attached hydrogens (tertiary/aromatic N) is 1. The summed E-state index contributed by atoms with van der Waals surface area (Å²) >= 11 is 0. The molecule has 0 spiro atoms. The first-order valence-corrected chi connectivity index (χ1v) is 5.53. The highest BCUT2D eigenvalue weighted by Crippen LogP contribution is 2.33. The van der Waals surface area contributed by atoms with Crippen LogP contribution in [-0.2, 0) is 0 Å². The molecular weight excluding hydrogens is 288 g/mol. The third-order valence-electron chi connectivity index (χ3n) is 2.52. The molecule has 0 aliphatic carbocycles. The molecule has 2 aromatic carbocycles. The summed E-state index contributed by atoms with van der Waals surface area (Å²) in [4.78, 5) is 20.9. The molecule has 8 heteroatoms. The van der Waals surface area contributed by atoms with E-state index in [4.69, 9.17) is 9.84 Å². The van der Waals surface area contributed by atoms with Gasteiger partial charge < -0.3 is 9.84 Å². The van der Waals surface area contributed by atoms with E-state index in [0.29, 0.717) is 6.07 Å². The minimum Gasteiger partial charge on any atom is -0.478 e. The third kappa shape index (κ3) is 3.11. The molecule has 0 fully saturated rings. The van der Waals surface area contributed by atoms with Crippen LogP contribution in [0.5, 0.6) is 11.5 Å². The van der Waals surface area contributed by atoms with Gasteiger partial charge in [-0.1, -0.05) is 0 Å². The monoisotopic (exact) mass is 295 g/mol. The van der Waals surface area contributed by atoms with E-state index in [2.05, 4.69) is 0 Å². The summed E-state index contributed by atoms with van der Waals surface area (Å²) in [6.07, 6.45) is 0. The summed E-state index contributed by atoms with van der Waals surface area (Å²) in [6, 6.07) is 5.13. The first kappa shape index (κ1) is 14.4. The van der Waals surface area contributed by atoms with E-state index < -0.39 is 39.7 Å². The fourth-order valence-corrected chi connectivity index (χ4v) is 1.55. The molecule has 2 aromatic rings. The number of carbonyl (C=O) groups is 1. The molecule has 2 rings (SSSR count). The number of aromatic carboxylic acids is 1. The normalized spacial score (nSPS) is 10.2. The van der Waals surface area contributed by atoms with Gasteiger partial charge in [-0.25, -0.2) is 13.6 Å². The van der Waals surface area contributed by atoms with Crippen molar-refractivity contribution < 1.29 is 28.3 Å². The van der Waals surface area contributed by atoms with E-state index in [-0.39, 0.29) is 5.56 Å². The minimum absolute atomic E-state index is 0.285. The summed E-state index contributed by atoms with van der Waals surface area (Å²) in [5.41, 5.74) is -0.851. The quantitative estimate of drug-likeness (QED) is 0.690. The molecule has 0 bridgehead atoms. The van der Waals surface area contributed by atoms with E-state index in [1.165, 1.54) is 0 Å². The Hall–Kier alpha value is -3.03. The van der Waals surface area contributed by atoms with Crippen molar-refractivity contribution in [1.82, 2.24) is 0 Å². The van der Waals surface area contributed by atoms with Gasteiger partial charge in [-0.15, -0.1) is 0 Å². The second kappa shape index (κ2) is 5.53. The molecule has 0 aliphatic rings. The van der Waals surface area contributed by atoms with Crippen LogP contribution in [0.15, 0.2) is 36.4 Å². The minimum atomic E-state index is -1.34. The Balaban J connectivity index is 2.50. The van der Waals surface area contributed by atoms with Gasteiger partial charge in [0.25, 0.3) is 0 Å². The van der Waals surface area contributed by atoms with E-state index in [0.717, 1.165) is 30.3 Å². The fourth-order valence-electron chi connectivity index (χ4n) is 1.55. The maximum absolute atomic E-state index is 13.5. The van der Waals surface area contributed by atoms with Crippen molar-refractivity contribution in [1.29, 1.82) is 0 Å². The standard InChI is InChI=1S/C13H7F2NO5/c14-8-2-3-9(15)11(6-8)21-12-5-7(13(17)18)1-4-10(12)16(19)20/h1-6H,(H,17,18). The van der Waals surface area contributed by atoms with Crippen LogP contribution in [-0.4, -0.2) is 16.0 Å². The van der Waals surface area contributed by atoms with Crippen molar-refractivity contribution in [3.63, 3.8) is 0 Å². The second-order valence-electron chi connectivity index (χ2n) is 3.92. The Morgan fingerprint density at radius 2 is 1.86 bits per heavy atom. The highest BCUT2D eigenvalue weighted by Gasteiger charge is 2.20. The molecule has 0 atom stereocenters. The number of halogens is 2. The van der Waals surface area contributed by atoms with Crippen LogP contribution in [0.25, 0.3) is 0 Å². The average Bonchev–Trinajstić information content (AvgIpc) is 2.42. The molecule has 0 heterocycles. The Morgan fingerprint density at radius 1 is 1.14 bits per heavy atom. The van der Waals surface area contributed by atoms with Gasteiger partial charge >= 0.3 is 11.7 Å². The zero-order valence-corrected chi connectivity index (χ0v) is 10.2. The lowest BCUT2D eigenvalue weighted by molar-refractivity contribution is -0.385. The van der Waals surface area contributed by atoms with Crippen molar-refractivity contribution in [2.75, 3.05) is 0 Å². The van der Waals surface area contributed by atoms with Crippen molar-refractivity contribution in [3.8, 4) is 11.5 Å². The van der Waals surface area contributed by atoms with Gasteiger partial charge in [-0.2, -0.15) is 0 Å². The van der Waals surface area contributed by atoms with E-state index in [1.807, 2.05) is 0 Å². The molecule has 1 N–H and O–H groups in total. The number of nitro benzene ring substituents is 1. The van der Waals surface area contributed by atoms with Gasteiger partial charge in [0, 0.05) is 18.2 Å². The smallest absolute Gasteiger partial charge is 0.335 e. The molecule has 108 valence electrons. The van der Waals surface area contributed by atoms with E-state index in [1.54, 1.807) is 0 Å². The zero-order valence-electron chi connectivity index (χ0n) is 10.2. The number of ether oxygens (including phenoxy) is 1. The van der Waals surface area contributed by atoms with Crippen molar-refractivity contribution in [2.24, 2.45) is 0 Å². The molecule has 0 aliphatic heterocycles. The van der Waals surface area contributed by atoms with Crippen LogP contribution >= 0.6 is 0 Å². The van der Waals surface area contributed by atoms with Gasteiger partial charge in [0.05, 0.1) is 10.5 Å². The maximum Gasteiger partial charge on any atom is 0.335 e. The van der Waals surface area contributed by atoms with Gasteiger partial charge in [0.1, 0.15) is 5.82 Å². The largest absolute Gasteiger partial charge is 0.478 e. The Labute approximate surface area is 116 Å². The molecule has 21 heavy (non-hydrogen) atoms. The van der Waals surface area contributed by atoms with E-state index >= 15 is 0 Å². The van der Waals surface area contributed by atoms with Gasteiger partial charge in [0.15, 0.2) is 11.6 Å². The third-order valence-corrected chi connectivity index (χ3v) is 2.52. The lowest BCUT2D eigenvalue weighted by Gasteiger charge is -2.08. The van der Waals surface area contributed by atoms with E-state index in [9.17, 15) is 23.7 Å². The highest BCUT2D eigenvalue weighted by molar-refractivity contribution is 5.88. The van der Waals surface area contributed by atoms with Crippen molar-refractivity contribution in [3.05, 3.63) is 63.7 Å². The fraction of sp³-hybridized carbons (Fsp3) is 0. The lowest BCUT2D eigenvalue weighted by Crippen LogP contribution is -2.00. The number of hydrogen-bond acceptors (Lipinski definition) is 4. The molecular formula is C13H7F2NO5. The first-order valence-electron chi connectivity index (χ1n) is 5.53. The van der Waals surface area contributed by atoms with Crippen LogP contribution in [0.3, 0.4) is 0 Å². The van der Waals surface area contributed by atoms with Crippen molar-refractivity contribution >= 4 is 11.7 Å². The number of hydrogen-bond donors (Lipinski definition) is 1. The summed E-state index contributed by atoms with van der Waals surface area (Å²) in [5, 5.41) is 19.7. The summed E-state index contributed by atoms with van der Waals surface area (Å²) in [5.74, 6) is -4.16. The zero-order chi connectivity index (χ0) is 15.6. The summed E-state index contributed by atoms with van der Waals surface area (Å²) < 4.78 is 31.5. The molecule has 6 nitrogen and oxygen atoms in total. The molecule has 0 saturated heterocycles. The Bertz CT molecular complexity index is 732. The van der Waals surface area contributed by atoms with Gasteiger partial charge in [-0.05, 0) is 18.2 Å². The van der Waals surface area contributed by atoms with Gasteiger partial charge in [-0.3, -0.25) is 10.1 Å². The van der Waals surface area contributed by atoms with Crippen LogP contribution < -0.4 is 4.74 Å². The molecule has 0 saturated carbocycles. The first-order chi connectivity index (χ1) is 9.88. The maximum atomic E-state index is 13.5. The predicted octanol–water partition coefficient (Wildman–Crippen LogP) is 3.36. The molecule has 0 amide bonds. The Morgan fingerprint density at radius 3 is 2.48 bits per heavy atom. The number of benzene rings is 2. The predicted molar refractivity (Wildman–Crippen MR) is 66.5 cm³/mol. The molecule has 0 unspecified atom stereocenters. The molecule has 0 radical (unpaired) electrons. The number of carboxylic acids is 1. The molecule has 0 aromatic heterocycles. The van der Waals surface area contributed by atoms with Crippen LogP contribution in [0.1, 0.15) is 10.4 Å². The van der Waals surface area contributed by atoms with Crippen molar-refractivity contribution in [2.45, 2.75) is 0 Å². The SMILES string of the molecule is O=C(O)c1ccc([N+](=O)[O-])c(Oc2cc(F)ccc2F)c1. The lowest BCUT2D eigenvalue weighted by atomic mass is 10.2. The number of nitro groups is 1. The number of rotatable bonds is 4. The summed E-state index contributed by atoms with van der Waals surface area (Å²) in [6.45, 7) is 0. The Kier molecular flexibility index (Phi) is 3.79. The van der Waals surface area contributed by atoms with Crippen LogP contribution in [0.2, 0.25) is 0 Å². The van der Waals surface area contributed by atoms with Gasteiger partial charge in [0.2, 0.25) is 5.75 Å². The number of carboxylic acid groups (broad SMARTS) is 1.